The van der Waals surface area contributed by atoms with Gasteiger partial charge in [0.25, 0.3) is 0 Å². The van der Waals surface area contributed by atoms with Crippen molar-refractivity contribution in [3.8, 4) is 0 Å². The lowest BCUT2D eigenvalue weighted by molar-refractivity contribution is 0.296. The number of imidazole rings is 1. The van der Waals surface area contributed by atoms with Crippen LogP contribution >= 0.6 is 11.8 Å². The third-order valence-corrected chi connectivity index (χ3v) is 2.92. The highest BCUT2D eigenvalue weighted by atomic mass is 32.2. The van der Waals surface area contributed by atoms with E-state index in [0.717, 1.165) is 22.8 Å². The van der Waals surface area contributed by atoms with E-state index in [9.17, 15) is 4.39 Å². The molecule has 0 fully saturated rings. The first-order valence-electron chi connectivity index (χ1n) is 4.68. The standard InChI is InChI=1S/C10H11FN2OS/c11-7-2-3-8-9(6-7)13-10(12-8)15-5-1-4-14/h2-3,6,14H,1,4-5H2,(H,12,13). The number of rotatable bonds is 4. The van der Waals surface area contributed by atoms with Crippen molar-refractivity contribution in [1.82, 2.24) is 9.97 Å². The van der Waals surface area contributed by atoms with E-state index in [1.165, 1.54) is 23.9 Å². The van der Waals surface area contributed by atoms with Gasteiger partial charge in [-0.15, -0.1) is 0 Å². The van der Waals surface area contributed by atoms with Crippen molar-refractivity contribution in [3.05, 3.63) is 24.0 Å². The lowest BCUT2D eigenvalue weighted by atomic mass is 10.3. The predicted molar refractivity (Wildman–Crippen MR) is 58.5 cm³/mol. The van der Waals surface area contributed by atoms with Crippen molar-refractivity contribution in [3.63, 3.8) is 0 Å². The third-order valence-electron chi connectivity index (χ3n) is 1.96. The lowest BCUT2D eigenvalue weighted by Crippen LogP contribution is -1.85. The van der Waals surface area contributed by atoms with E-state index in [0.29, 0.717) is 5.52 Å². The van der Waals surface area contributed by atoms with E-state index in [1.54, 1.807) is 6.07 Å². The maximum Gasteiger partial charge on any atom is 0.166 e. The maximum atomic E-state index is 12.9. The number of halogens is 1. The van der Waals surface area contributed by atoms with Gasteiger partial charge in [-0.2, -0.15) is 0 Å². The summed E-state index contributed by atoms with van der Waals surface area (Å²) >= 11 is 1.53. The van der Waals surface area contributed by atoms with Gasteiger partial charge < -0.3 is 10.1 Å². The average Bonchev–Trinajstić information content (AvgIpc) is 2.60. The minimum Gasteiger partial charge on any atom is -0.396 e. The van der Waals surface area contributed by atoms with E-state index in [-0.39, 0.29) is 12.4 Å². The summed E-state index contributed by atoms with van der Waals surface area (Å²) in [5.41, 5.74) is 1.48. The Morgan fingerprint density at radius 2 is 2.33 bits per heavy atom. The van der Waals surface area contributed by atoms with E-state index >= 15 is 0 Å². The van der Waals surface area contributed by atoms with E-state index in [1.807, 2.05) is 0 Å². The third kappa shape index (κ3) is 2.49. The van der Waals surface area contributed by atoms with Crippen LogP contribution in [0.25, 0.3) is 11.0 Å². The molecule has 15 heavy (non-hydrogen) atoms. The molecule has 0 aliphatic heterocycles. The van der Waals surface area contributed by atoms with Crippen molar-refractivity contribution in [2.75, 3.05) is 12.4 Å². The molecule has 1 aromatic heterocycles. The number of fused-ring (bicyclic) bond motifs is 1. The molecule has 0 radical (unpaired) electrons. The number of nitrogens with one attached hydrogen (secondary N) is 1. The van der Waals surface area contributed by atoms with E-state index < -0.39 is 0 Å². The van der Waals surface area contributed by atoms with Crippen LogP contribution in [0.3, 0.4) is 0 Å². The van der Waals surface area contributed by atoms with Crippen LogP contribution in [-0.4, -0.2) is 27.4 Å². The first kappa shape index (κ1) is 10.4. The molecule has 0 unspecified atom stereocenters. The molecular weight excluding hydrogens is 215 g/mol. The Morgan fingerprint density at radius 1 is 1.47 bits per heavy atom. The van der Waals surface area contributed by atoms with Gasteiger partial charge in [0, 0.05) is 12.4 Å². The summed E-state index contributed by atoms with van der Waals surface area (Å²) in [5.74, 6) is 0.539. The van der Waals surface area contributed by atoms with Crippen LogP contribution in [0.5, 0.6) is 0 Å². The van der Waals surface area contributed by atoms with Crippen LogP contribution in [0.15, 0.2) is 23.4 Å². The number of hydrogen-bond acceptors (Lipinski definition) is 3. The van der Waals surface area contributed by atoms with Crippen LogP contribution in [-0.2, 0) is 0 Å². The number of aromatic amines is 1. The van der Waals surface area contributed by atoms with Gasteiger partial charge in [0.05, 0.1) is 11.0 Å². The number of benzene rings is 1. The second kappa shape index (κ2) is 4.63. The largest absolute Gasteiger partial charge is 0.396 e. The van der Waals surface area contributed by atoms with Gasteiger partial charge in [-0.05, 0) is 24.6 Å². The summed E-state index contributed by atoms with van der Waals surface area (Å²) < 4.78 is 12.9. The lowest BCUT2D eigenvalue weighted by Gasteiger charge is -1.93. The molecule has 1 heterocycles. The maximum absolute atomic E-state index is 12.9. The highest BCUT2D eigenvalue weighted by Crippen LogP contribution is 2.20. The number of hydrogen-bond donors (Lipinski definition) is 2. The molecule has 5 heteroatoms. The topological polar surface area (TPSA) is 48.9 Å². The van der Waals surface area contributed by atoms with E-state index in [2.05, 4.69) is 9.97 Å². The SMILES string of the molecule is OCCCSc1nc2ccc(F)cc2[nH]1. The summed E-state index contributed by atoms with van der Waals surface area (Å²) in [7, 11) is 0. The van der Waals surface area contributed by atoms with Crippen molar-refractivity contribution in [2.45, 2.75) is 11.6 Å². The van der Waals surface area contributed by atoms with Crippen LogP contribution < -0.4 is 0 Å². The van der Waals surface area contributed by atoms with Crippen LogP contribution in [0.1, 0.15) is 6.42 Å². The fourth-order valence-electron chi connectivity index (χ4n) is 1.26. The molecule has 0 saturated heterocycles. The molecule has 80 valence electrons. The van der Waals surface area contributed by atoms with Crippen molar-refractivity contribution in [1.29, 1.82) is 0 Å². The summed E-state index contributed by atoms with van der Waals surface area (Å²) in [5, 5.41) is 9.39. The van der Waals surface area contributed by atoms with Gasteiger partial charge in [-0.1, -0.05) is 11.8 Å². The average molecular weight is 226 g/mol. The molecular formula is C10H11FN2OS. The van der Waals surface area contributed by atoms with Crippen molar-refractivity contribution >= 4 is 22.8 Å². The first-order valence-corrected chi connectivity index (χ1v) is 5.67. The van der Waals surface area contributed by atoms with Gasteiger partial charge in [-0.25, -0.2) is 9.37 Å². The summed E-state index contributed by atoms with van der Waals surface area (Å²) in [6.07, 6.45) is 0.732. The summed E-state index contributed by atoms with van der Waals surface area (Å²) in [6, 6.07) is 4.47. The Labute approximate surface area is 90.7 Å². The number of aliphatic hydroxyl groups excluding tert-OH is 1. The Kier molecular flexibility index (Phi) is 3.23. The highest BCUT2D eigenvalue weighted by molar-refractivity contribution is 7.99. The quantitative estimate of drug-likeness (QED) is 0.620. The van der Waals surface area contributed by atoms with Crippen LogP contribution in [0.2, 0.25) is 0 Å². The highest BCUT2D eigenvalue weighted by Gasteiger charge is 2.03. The molecule has 0 saturated carbocycles. The predicted octanol–water partition coefficient (Wildman–Crippen LogP) is 2.18. The van der Waals surface area contributed by atoms with Gasteiger partial charge in [0.15, 0.2) is 5.16 Å². The molecule has 0 spiro atoms. The Bertz CT molecular complexity index is 458. The number of nitrogens with zero attached hydrogens (tertiary/aromatic N) is 1. The van der Waals surface area contributed by atoms with Gasteiger partial charge in [0.1, 0.15) is 5.82 Å². The zero-order chi connectivity index (χ0) is 10.7. The van der Waals surface area contributed by atoms with Gasteiger partial charge in [0.2, 0.25) is 0 Å². The second-order valence-corrected chi connectivity index (χ2v) is 4.21. The van der Waals surface area contributed by atoms with Gasteiger partial charge in [-0.3, -0.25) is 0 Å². The van der Waals surface area contributed by atoms with Crippen molar-refractivity contribution in [2.24, 2.45) is 0 Å². The van der Waals surface area contributed by atoms with Crippen molar-refractivity contribution < 1.29 is 9.50 Å². The summed E-state index contributed by atoms with van der Waals surface area (Å²) in [4.78, 5) is 7.31. The fraction of sp³-hybridized carbons (Fsp3) is 0.300. The minimum atomic E-state index is -0.266. The molecule has 2 rings (SSSR count). The molecule has 0 amide bonds. The number of aromatic nitrogens is 2. The van der Waals surface area contributed by atoms with E-state index in [4.69, 9.17) is 5.11 Å². The Hall–Kier alpha value is -1.07. The zero-order valence-electron chi connectivity index (χ0n) is 8.03. The van der Waals surface area contributed by atoms with Crippen LogP contribution in [0.4, 0.5) is 4.39 Å². The molecule has 2 aromatic rings. The zero-order valence-corrected chi connectivity index (χ0v) is 8.85. The number of aliphatic hydroxyl groups is 1. The number of thioether (sulfide) groups is 1. The fourth-order valence-corrected chi connectivity index (χ4v) is 2.07. The molecule has 2 N–H and O–H groups in total. The molecule has 0 aliphatic rings. The molecule has 1 aromatic carbocycles. The molecule has 0 aliphatic carbocycles. The van der Waals surface area contributed by atoms with Crippen LogP contribution in [0, 0.1) is 5.82 Å². The number of H-pyrrole nitrogens is 1. The molecule has 0 atom stereocenters. The monoisotopic (exact) mass is 226 g/mol. The summed E-state index contributed by atoms with van der Waals surface area (Å²) in [6.45, 7) is 0.182. The molecule has 3 nitrogen and oxygen atoms in total. The Balaban J connectivity index is 2.16. The molecule has 0 bridgehead atoms. The normalized spacial score (nSPS) is 11.1. The van der Waals surface area contributed by atoms with Gasteiger partial charge >= 0.3 is 0 Å². The second-order valence-electron chi connectivity index (χ2n) is 3.13. The minimum absolute atomic E-state index is 0.182. The smallest absolute Gasteiger partial charge is 0.166 e. The Morgan fingerprint density at radius 3 is 3.13 bits per heavy atom. The first-order chi connectivity index (χ1) is 7.29.